The zero-order valence-electron chi connectivity index (χ0n) is 15.3. The highest BCUT2D eigenvalue weighted by Crippen LogP contribution is 2.34. The summed E-state index contributed by atoms with van der Waals surface area (Å²) in [6.45, 7) is 2.24. The molecule has 142 valence electrons. The molecule has 2 unspecified atom stereocenters. The van der Waals surface area contributed by atoms with Crippen molar-refractivity contribution in [3.8, 4) is 0 Å². The number of nitrogens with two attached hydrogens (primary N) is 1. The number of nitrogens with zero attached hydrogens (tertiary/aromatic N) is 3. The Kier molecular flexibility index (Phi) is 4.91. The lowest BCUT2D eigenvalue weighted by Crippen LogP contribution is -2.23. The zero-order valence-corrected chi connectivity index (χ0v) is 16.1. The second-order valence-corrected chi connectivity index (χ2v) is 8.00. The van der Waals surface area contributed by atoms with Crippen molar-refractivity contribution in [2.45, 2.75) is 44.7 Å². The van der Waals surface area contributed by atoms with E-state index in [1.54, 1.807) is 12.4 Å². The SMILES string of the molecule is C[C@H]1CCCC[C@@H]1n1cc(C(N)=O)c(NC2=CC3C=C(Cl)C=CC3N=C2)n1. The number of rotatable bonds is 4. The fraction of sp³-hybridized carbons (Fsp3) is 0.450. The van der Waals surface area contributed by atoms with Gasteiger partial charge >= 0.3 is 0 Å². The first kappa shape index (κ1) is 18.0. The van der Waals surface area contributed by atoms with Crippen LogP contribution in [0.5, 0.6) is 0 Å². The zero-order chi connectivity index (χ0) is 19.0. The lowest BCUT2D eigenvalue weighted by molar-refractivity contribution is 0.100. The van der Waals surface area contributed by atoms with Gasteiger partial charge in [0.15, 0.2) is 5.82 Å². The minimum atomic E-state index is -0.484. The molecule has 0 spiro atoms. The summed E-state index contributed by atoms with van der Waals surface area (Å²) in [6, 6.07) is 0.366. The summed E-state index contributed by atoms with van der Waals surface area (Å²) in [5.41, 5.74) is 6.79. The van der Waals surface area contributed by atoms with Crippen LogP contribution in [-0.4, -0.2) is 27.9 Å². The highest BCUT2D eigenvalue weighted by Gasteiger charge is 2.27. The van der Waals surface area contributed by atoms with Gasteiger partial charge in [0.2, 0.25) is 0 Å². The molecule has 1 amide bonds. The Labute approximate surface area is 163 Å². The third-order valence-electron chi connectivity index (χ3n) is 5.62. The highest BCUT2D eigenvalue weighted by molar-refractivity contribution is 6.31. The van der Waals surface area contributed by atoms with E-state index >= 15 is 0 Å². The number of hydrogen-bond donors (Lipinski definition) is 2. The van der Waals surface area contributed by atoms with Crippen LogP contribution in [0.4, 0.5) is 5.82 Å². The maximum absolute atomic E-state index is 12.0. The molecular formula is C20H24ClN5O. The highest BCUT2D eigenvalue weighted by atomic mass is 35.5. The molecule has 0 bridgehead atoms. The van der Waals surface area contributed by atoms with Crippen LogP contribution in [-0.2, 0) is 0 Å². The Hall–Kier alpha value is -2.34. The van der Waals surface area contributed by atoms with Gasteiger partial charge in [-0.05, 0) is 30.9 Å². The van der Waals surface area contributed by atoms with E-state index in [2.05, 4.69) is 28.4 Å². The minimum absolute atomic E-state index is 0.0642. The van der Waals surface area contributed by atoms with Crippen LogP contribution in [0.1, 0.15) is 49.0 Å². The van der Waals surface area contributed by atoms with Crippen molar-refractivity contribution in [2.24, 2.45) is 22.6 Å². The van der Waals surface area contributed by atoms with Gasteiger partial charge in [-0.15, -0.1) is 0 Å². The van der Waals surface area contributed by atoms with E-state index < -0.39 is 5.91 Å². The Morgan fingerprint density at radius 3 is 2.93 bits per heavy atom. The Morgan fingerprint density at radius 2 is 2.15 bits per heavy atom. The van der Waals surface area contributed by atoms with Crippen LogP contribution in [0, 0.1) is 11.8 Å². The molecular weight excluding hydrogens is 362 g/mol. The summed E-state index contributed by atoms with van der Waals surface area (Å²) in [6.07, 6.45) is 16.1. The number of aromatic nitrogens is 2. The molecule has 3 aliphatic rings. The lowest BCUT2D eigenvalue weighted by atomic mass is 9.86. The fourth-order valence-corrected chi connectivity index (χ4v) is 4.32. The van der Waals surface area contributed by atoms with Gasteiger partial charge in [0, 0.05) is 23.4 Å². The Bertz CT molecular complexity index is 866. The normalized spacial score (nSPS) is 29.7. The average molecular weight is 386 g/mol. The molecule has 27 heavy (non-hydrogen) atoms. The number of amides is 1. The van der Waals surface area contributed by atoms with Crippen LogP contribution in [0.3, 0.4) is 0 Å². The number of anilines is 1. The summed E-state index contributed by atoms with van der Waals surface area (Å²) >= 11 is 6.11. The molecule has 6 nitrogen and oxygen atoms in total. The van der Waals surface area contributed by atoms with E-state index in [9.17, 15) is 4.79 Å². The molecule has 1 aromatic heterocycles. The molecule has 0 radical (unpaired) electrons. The van der Waals surface area contributed by atoms with E-state index in [0.29, 0.717) is 28.4 Å². The number of hydrogen-bond acceptors (Lipinski definition) is 4. The number of aliphatic imine (C=N–C) groups is 1. The van der Waals surface area contributed by atoms with Crippen LogP contribution < -0.4 is 11.1 Å². The minimum Gasteiger partial charge on any atom is -0.365 e. The average Bonchev–Trinajstić information content (AvgIpc) is 3.05. The second-order valence-electron chi connectivity index (χ2n) is 7.57. The molecule has 4 rings (SSSR count). The van der Waals surface area contributed by atoms with Gasteiger partial charge in [0.05, 0.1) is 17.8 Å². The number of primary amides is 1. The molecule has 2 heterocycles. The van der Waals surface area contributed by atoms with Crippen LogP contribution in [0.25, 0.3) is 0 Å². The smallest absolute Gasteiger partial charge is 0.254 e. The van der Waals surface area contributed by atoms with Crippen molar-refractivity contribution in [3.05, 3.63) is 46.8 Å². The maximum atomic E-state index is 12.0. The van der Waals surface area contributed by atoms with Gasteiger partial charge in [0.25, 0.3) is 5.91 Å². The standard InChI is InChI=1S/C20H24ClN5O/c1-12-4-2-3-5-18(12)26-11-16(19(22)27)20(25-26)24-15-9-13-8-14(21)6-7-17(13)23-10-15/h6-13,17-18H,2-5H2,1H3,(H2,22,27)(H,24,25)/t12-,13?,17?,18-/m0/s1. The number of allylic oxidation sites excluding steroid dienone is 3. The van der Waals surface area contributed by atoms with Crippen molar-refractivity contribution in [1.29, 1.82) is 0 Å². The number of dihydropyridines is 1. The van der Waals surface area contributed by atoms with Gasteiger partial charge in [-0.2, -0.15) is 5.10 Å². The molecule has 1 aliphatic heterocycles. The molecule has 1 aromatic rings. The van der Waals surface area contributed by atoms with Gasteiger partial charge in [-0.1, -0.05) is 43.5 Å². The fourth-order valence-electron chi connectivity index (χ4n) is 4.10. The van der Waals surface area contributed by atoms with Gasteiger partial charge < -0.3 is 11.1 Å². The summed E-state index contributed by atoms with van der Waals surface area (Å²) in [4.78, 5) is 16.5. The third-order valence-corrected chi connectivity index (χ3v) is 5.87. The molecule has 0 aromatic carbocycles. The van der Waals surface area contributed by atoms with Gasteiger partial charge in [-0.25, -0.2) is 0 Å². The predicted octanol–water partition coefficient (Wildman–Crippen LogP) is 3.79. The monoisotopic (exact) mass is 385 g/mol. The molecule has 2 aliphatic carbocycles. The van der Waals surface area contributed by atoms with Gasteiger partial charge in [-0.3, -0.25) is 14.5 Å². The maximum Gasteiger partial charge on any atom is 0.254 e. The van der Waals surface area contributed by atoms with Crippen molar-refractivity contribution in [3.63, 3.8) is 0 Å². The van der Waals surface area contributed by atoms with Crippen molar-refractivity contribution in [1.82, 2.24) is 9.78 Å². The molecule has 7 heteroatoms. The van der Waals surface area contributed by atoms with Crippen LogP contribution in [0.15, 0.2) is 46.2 Å². The third kappa shape index (κ3) is 3.72. The number of fused-ring (bicyclic) bond motifs is 1. The topological polar surface area (TPSA) is 85.3 Å². The number of carbonyl (C=O) groups excluding carboxylic acids is 1. The van der Waals surface area contributed by atoms with Crippen molar-refractivity contribution >= 4 is 29.5 Å². The van der Waals surface area contributed by atoms with E-state index in [4.69, 9.17) is 17.3 Å². The summed E-state index contributed by atoms with van der Waals surface area (Å²) < 4.78 is 1.91. The van der Waals surface area contributed by atoms with Crippen LogP contribution >= 0.6 is 11.6 Å². The Morgan fingerprint density at radius 1 is 1.33 bits per heavy atom. The first-order valence-electron chi connectivity index (χ1n) is 9.48. The first-order chi connectivity index (χ1) is 13.0. The van der Waals surface area contributed by atoms with E-state index in [1.807, 2.05) is 22.9 Å². The summed E-state index contributed by atoms with van der Waals surface area (Å²) in [5.74, 6) is 0.622. The van der Waals surface area contributed by atoms with E-state index in [1.165, 1.54) is 19.3 Å². The molecule has 0 saturated heterocycles. The van der Waals surface area contributed by atoms with Crippen molar-refractivity contribution < 1.29 is 4.79 Å². The van der Waals surface area contributed by atoms with E-state index in [0.717, 1.165) is 12.1 Å². The second kappa shape index (κ2) is 7.35. The largest absolute Gasteiger partial charge is 0.365 e. The number of halogens is 1. The predicted molar refractivity (Wildman–Crippen MR) is 108 cm³/mol. The Balaban J connectivity index is 1.59. The molecule has 4 atom stereocenters. The van der Waals surface area contributed by atoms with Crippen LogP contribution in [0.2, 0.25) is 0 Å². The summed E-state index contributed by atoms with van der Waals surface area (Å²) in [5, 5.41) is 8.61. The number of carbonyl (C=O) groups is 1. The molecule has 1 saturated carbocycles. The quantitative estimate of drug-likeness (QED) is 0.826. The number of nitrogens with one attached hydrogen (secondary N) is 1. The molecule has 3 N–H and O–H groups in total. The molecule has 1 fully saturated rings. The van der Waals surface area contributed by atoms with E-state index in [-0.39, 0.29) is 12.0 Å². The summed E-state index contributed by atoms with van der Waals surface area (Å²) in [7, 11) is 0. The first-order valence-corrected chi connectivity index (χ1v) is 9.85. The lowest BCUT2D eigenvalue weighted by Gasteiger charge is -2.28. The van der Waals surface area contributed by atoms with Crippen molar-refractivity contribution in [2.75, 3.05) is 5.32 Å². The van der Waals surface area contributed by atoms with Gasteiger partial charge in [0.1, 0.15) is 5.56 Å².